The second-order valence-electron chi connectivity index (χ2n) is 7.17. The summed E-state index contributed by atoms with van der Waals surface area (Å²) in [6.07, 6.45) is 1.76. The van der Waals surface area contributed by atoms with Crippen LogP contribution in [-0.4, -0.2) is 51.8 Å². The average molecular weight is 358 g/mol. The lowest BCUT2D eigenvalue weighted by atomic mass is 9.62. The van der Waals surface area contributed by atoms with Crippen molar-refractivity contribution in [1.29, 1.82) is 0 Å². The summed E-state index contributed by atoms with van der Waals surface area (Å²) < 4.78 is 5.31. The van der Waals surface area contributed by atoms with Crippen LogP contribution in [0.5, 0.6) is 0 Å². The van der Waals surface area contributed by atoms with Crippen molar-refractivity contribution in [1.82, 2.24) is 5.32 Å². The summed E-state index contributed by atoms with van der Waals surface area (Å²) >= 11 is 5.78. The van der Waals surface area contributed by atoms with Gasteiger partial charge in [-0.3, -0.25) is 4.79 Å². The number of ether oxygens (including phenoxy) is 1. The van der Waals surface area contributed by atoms with Gasteiger partial charge in [-0.1, -0.05) is 11.1 Å². The second kappa shape index (κ2) is 6.00. The Hall–Kier alpha value is -1.11. The molecule has 5 atom stereocenters. The zero-order valence-electron chi connectivity index (χ0n) is 14.0. The predicted molar refractivity (Wildman–Crippen MR) is 87.3 cm³/mol. The number of rotatable bonds is 5. The Bertz CT molecular complexity index is 606. The summed E-state index contributed by atoms with van der Waals surface area (Å²) in [7, 11) is 0. The van der Waals surface area contributed by atoms with Gasteiger partial charge in [0.2, 0.25) is 11.4 Å². The van der Waals surface area contributed by atoms with Crippen LogP contribution < -0.4 is 5.32 Å². The van der Waals surface area contributed by atoms with Gasteiger partial charge in [-0.05, 0) is 39.5 Å². The molecule has 0 aromatic rings. The van der Waals surface area contributed by atoms with Gasteiger partial charge in [-0.25, -0.2) is 4.79 Å². The molecule has 3 N–H and O–H groups in total. The first-order valence-corrected chi connectivity index (χ1v) is 8.95. The molecular weight excluding hydrogens is 334 g/mol. The molecule has 0 saturated carbocycles. The van der Waals surface area contributed by atoms with E-state index < -0.39 is 41.6 Å². The normalized spacial score (nSPS) is 39.9. The molecule has 1 amide bonds. The number of aliphatic hydroxyl groups excluding tert-OH is 2. The molecule has 6 nitrogen and oxygen atoms in total. The summed E-state index contributed by atoms with van der Waals surface area (Å²) in [5.41, 5.74) is -0.768. The van der Waals surface area contributed by atoms with Crippen LogP contribution in [-0.2, 0) is 14.3 Å². The lowest BCUT2D eigenvalue weighted by molar-refractivity contribution is -0.252. The van der Waals surface area contributed by atoms with E-state index in [9.17, 15) is 19.8 Å². The van der Waals surface area contributed by atoms with Crippen LogP contribution in [0.2, 0.25) is 0 Å². The Balaban J connectivity index is 2.02. The maximum atomic E-state index is 12.4. The second-order valence-corrected chi connectivity index (χ2v) is 7.55. The molecule has 7 heteroatoms. The molecule has 2 unspecified atom stereocenters. The van der Waals surface area contributed by atoms with Crippen molar-refractivity contribution in [2.45, 2.75) is 56.8 Å². The first kappa shape index (κ1) is 17.7. The Kier molecular flexibility index (Phi) is 4.43. The molecule has 2 heterocycles. The van der Waals surface area contributed by atoms with E-state index >= 15 is 0 Å². The van der Waals surface area contributed by atoms with E-state index in [-0.39, 0.29) is 18.2 Å². The van der Waals surface area contributed by atoms with Crippen molar-refractivity contribution in [3.63, 3.8) is 0 Å². The molecule has 2 aliphatic heterocycles. The molecule has 2 saturated heterocycles. The van der Waals surface area contributed by atoms with Crippen molar-refractivity contribution in [2.75, 3.05) is 12.5 Å². The SMILES string of the molecule is CC1=C(C)C([C@H](O)C23NC(=O)[C@H](CCCl)[C@@]2(CO)OC3=O)CCC1. The fourth-order valence-corrected chi connectivity index (χ4v) is 4.87. The van der Waals surface area contributed by atoms with E-state index in [2.05, 4.69) is 5.32 Å². The zero-order valence-corrected chi connectivity index (χ0v) is 14.7. The summed E-state index contributed by atoms with van der Waals surface area (Å²) in [5.74, 6) is -1.87. The Labute approximate surface area is 146 Å². The summed E-state index contributed by atoms with van der Waals surface area (Å²) in [4.78, 5) is 24.8. The maximum Gasteiger partial charge on any atom is 0.339 e. The number of esters is 1. The van der Waals surface area contributed by atoms with Crippen LogP contribution in [0.4, 0.5) is 0 Å². The van der Waals surface area contributed by atoms with Crippen LogP contribution in [0.25, 0.3) is 0 Å². The van der Waals surface area contributed by atoms with Crippen LogP contribution in [0.3, 0.4) is 0 Å². The van der Waals surface area contributed by atoms with Crippen molar-refractivity contribution in [2.24, 2.45) is 11.8 Å². The minimum absolute atomic E-state index is 0.199. The van der Waals surface area contributed by atoms with Gasteiger partial charge < -0.3 is 20.3 Å². The smallest absolute Gasteiger partial charge is 0.339 e. The van der Waals surface area contributed by atoms with Crippen LogP contribution >= 0.6 is 11.6 Å². The first-order valence-electron chi connectivity index (χ1n) is 8.42. The molecule has 0 spiro atoms. The average Bonchev–Trinajstić information content (AvgIpc) is 2.75. The molecule has 3 aliphatic rings. The lowest BCUT2D eigenvalue weighted by Crippen LogP contribution is -2.82. The van der Waals surface area contributed by atoms with E-state index in [0.717, 1.165) is 24.8 Å². The molecule has 0 radical (unpaired) electrons. The highest BCUT2D eigenvalue weighted by atomic mass is 35.5. The van der Waals surface area contributed by atoms with Crippen LogP contribution in [0.15, 0.2) is 11.1 Å². The number of aliphatic hydroxyl groups is 2. The highest BCUT2D eigenvalue weighted by molar-refractivity contribution is 6.18. The van der Waals surface area contributed by atoms with E-state index in [0.29, 0.717) is 0 Å². The summed E-state index contributed by atoms with van der Waals surface area (Å²) in [6, 6.07) is 0. The number of carbonyl (C=O) groups excluding carboxylic acids is 2. The van der Waals surface area contributed by atoms with Gasteiger partial charge in [0.15, 0.2) is 5.60 Å². The fraction of sp³-hybridized carbons (Fsp3) is 0.765. The van der Waals surface area contributed by atoms with Crippen molar-refractivity contribution in [3.05, 3.63) is 11.1 Å². The summed E-state index contributed by atoms with van der Waals surface area (Å²) in [6.45, 7) is 3.45. The Morgan fingerprint density at radius 1 is 1.42 bits per heavy atom. The first-order chi connectivity index (χ1) is 11.4. The molecule has 0 aromatic heterocycles. The monoisotopic (exact) mass is 357 g/mol. The number of nitrogens with one attached hydrogen (secondary N) is 1. The van der Waals surface area contributed by atoms with E-state index in [1.165, 1.54) is 5.57 Å². The quantitative estimate of drug-likeness (QED) is 0.386. The number of alkyl halides is 1. The molecule has 134 valence electrons. The van der Waals surface area contributed by atoms with Crippen LogP contribution in [0, 0.1) is 11.8 Å². The zero-order chi connectivity index (χ0) is 17.7. The molecule has 0 bridgehead atoms. The standard InChI is InChI=1S/C17H24ClNO5/c1-9-4-3-5-11(10(9)2)13(21)17-15(23)24-16(17,8-20)12(6-7-18)14(22)19-17/h11-13,20-21H,3-8H2,1-2H3,(H,19,22)/t11?,12-,13-,16+,17?/m0/s1. The van der Waals surface area contributed by atoms with Crippen molar-refractivity contribution < 1.29 is 24.5 Å². The lowest BCUT2D eigenvalue weighted by Gasteiger charge is -2.55. The minimum Gasteiger partial charge on any atom is -0.451 e. The van der Waals surface area contributed by atoms with Gasteiger partial charge >= 0.3 is 5.97 Å². The highest BCUT2D eigenvalue weighted by Crippen LogP contribution is 2.54. The van der Waals surface area contributed by atoms with Crippen LogP contribution in [0.1, 0.15) is 39.5 Å². The number of fused-ring (bicyclic) bond motifs is 1. The topological polar surface area (TPSA) is 95.9 Å². The van der Waals surface area contributed by atoms with Gasteiger partial charge in [0.25, 0.3) is 0 Å². The van der Waals surface area contributed by atoms with Gasteiger partial charge in [-0.15, -0.1) is 11.6 Å². The largest absolute Gasteiger partial charge is 0.451 e. The Morgan fingerprint density at radius 2 is 2.12 bits per heavy atom. The van der Waals surface area contributed by atoms with E-state index in [4.69, 9.17) is 16.3 Å². The van der Waals surface area contributed by atoms with Gasteiger partial charge in [0.05, 0.1) is 18.6 Å². The van der Waals surface area contributed by atoms with Gasteiger partial charge in [-0.2, -0.15) is 0 Å². The number of hydrogen-bond donors (Lipinski definition) is 3. The summed E-state index contributed by atoms with van der Waals surface area (Å²) in [5, 5.41) is 23.8. The molecule has 2 fully saturated rings. The Morgan fingerprint density at radius 3 is 2.71 bits per heavy atom. The number of allylic oxidation sites excluding steroid dienone is 1. The number of amides is 1. The third kappa shape index (κ3) is 2.02. The van der Waals surface area contributed by atoms with Crippen molar-refractivity contribution in [3.8, 4) is 0 Å². The minimum atomic E-state index is -1.58. The predicted octanol–water partition coefficient (Wildman–Crippen LogP) is 0.885. The fourth-order valence-electron chi connectivity index (χ4n) is 4.65. The van der Waals surface area contributed by atoms with Gasteiger partial charge in [0, 0.05) is 11.8 Å². The number of hydrogen-bond acceptors (Lipinski definition) is 5. The number of halogens is 1. The molecule has 3 rings (SSSR count). The maximum absolute atomic E-state index is 12.4. The molecule has 24 heavy (non-hydrogen) atoms. The van der Waals surface area contributed by atoms with E-state index in [1.807, 2.05) is 13.8 Å². The molecule has 1 aliphatic carbocycles. The highest BCUT2D eigenvalue weighted by Gasteiger charge is 2.81. The number of carbonyl (C=O) groups is 2. The molecule has 0 aromatic carbocycles. The molecular formula is C17H24ClNO5. The van der Waals surface area contributed by atoms with Crippen molar-refractivity contribution >= 4 is 23.5 Å². The van der Waals surface area contributed by atoms with E-state index in [1.54, 1.807) is 0 Å². The third-order valence-electron chi connectivity index (χ3n) is 6.22. The third-order valence-corrected chi connectivity index (χ3v) is 6.44. The van der Waals surface area contributed by atoms with Gasteiger partial charge in [0.1, 0.15) is 0 Å².